The van der Waals surface area contributed by atoms with Crippen LogP contribution in [-0.2, 0) is 4.79 Å². The fourth-order valence-corrected chi connectivity index (χ4v) is 0.383. The molecule has 0 saturated carbocycles. The van der Waals surface area contributed by atoms with Crippen LogP contribution < -0.4 is 0 Å². The van der Waals surface area contributed by atoms with Crippen molar-refractivity contribution in [3.8, 4) is 0 Å². The molecule has 0 radical (unpaired) electrons. The van der Waals surface area contributed by atoms with E-state index in [0.717, 1.165) is 11.9 Å². The number of aldehydes is 1. The summed E-state index contributed by atoms with van der Waals surface area (Å²) in [4.78, 5) is 9.84. The van der Waals surface area contributed by atoms with Gasteiger partial charge in [-0.2, -0.15) is 0 Å². The van der Waals surface area contributed by atoms with E-state index in [0.29, 0.717) is 0 Å². The molecule has 0 spiro atoms. The largest absolute Gasteiger partial charge is 0.299 e. The Bertz CT molecular complexity index is 152. The van der Waals surface area contributed by atoms with Crippen LogP contribution in [0.3, 0.4) is 0 Å². The Kier molecular flexibility index (Phi) is 4.41. The Morgan fingerprint density at radius 2 is 2.22 bits per heavy atom. The lowest BCUT2D eigenvalue weighted by atomic mass is 10.2. The number of carbonyl (C=O) groups excluding carboxylic acids is 1. The highest BCUT2D eigenvalue weighted by Crippen LogP contribution is 1.91. The highest BCUT2D eigenvalue weighted by molar-refractivity contribution is 5.66. The van der Waals surface area contributed by atoms with Gasteiger partial charge in [0.1, 0.15) is 6.29 Å². The van der Waals surface area contributed by atoms with Gasteiger partial charge in [0.25, 0.3) is 0 Å². The van der Waals surface area contributed by atoms with Crippen molar-refractivity contribution in [1.82, 2.24) is 0 Å². The van der Waals surface area contributed by atoms with Crippen LogP contribution >= 0.6 is 0 Å². The summed E-state index contributed by atoms with van der Waals surface area (Å²) in [5.74, 6) is 0. The monoisotopic (exact) mass is 122 g/mol. The SMILES string of the molecule is C=C/C=C/C(C)=C/C=O. The van der Waals surface area contributed by atoms with Gasteiger partial charge >= 0.3 is 0 Å². The Balaban J connectivity index is 3.88. The summed E-state index contributed by atoms with van der Waals surface area (Å²) in [7, 11) is 0. The Morgan fingerprint density at radius 1 is 1.56 bits per heavy atom. The molecule has 1 nitrogen and oxygen atoms in total. The number of hydrogen-bond acceptors (Lipinski definition) is 1. The molecule has 0 aromatic heterocycles. The zero-order valence-corrected chi connectivity index (χ0v) is 5.50. The van der Waals surface area contributed by atoms with Crippen LogP contribution in [0.15, 0.2) is 36.5 Å². The van der Waals surface area contributed by atoms with Gasteiger partial charge in [0, 0.05) is 0 Å². The second kappa shape index (κ2) is 5.04. The molecule has 1 heteroatoms. The van der Waals surface area contributed by atoms with Crippen molar-refractivity contribution in [2.24, 2.45) is 0 Å². The third kappa shape index (κ3) is 4.75. The van der Waals surface area contributed by atoms with E-state index in [-0.39, 0.29) is 0 Å². The first-order valence-corrected chi connectivity index (χ1v) is 2.72. The summed E-state index contributed by atoms with van der Waals surface area (Å²) in [6, 6.07) is 0. The summed E-state index contributed by atoms with van der Waals surface area (Å²) < 4.78 is 0. The van der Waals surface area contributed by atoms with Gasteiger partial charge in [-0.1, -0.05) is 24.8 Å². The van der Waals surface area contributed by atoms with Gasteiger partial charge in [-0.25, -0.2) is 0 Å². The highest BCUT2D eigenvalue weighted by atomic mass is 16.1. The van der Waals surface area contributed by atoms with Crippen LogP contribution in [0.1, 0.15) is 6.92 Å². The third-order valence-corrected chi connectivity index (χ3v) is 0.826. The summed E-state index contributed by atoms with van der Waals surface area (Å²) in [5.41, 5.74) is 0.935. The fraction of sp³-hybridized carbons (Fsp3) is 0.125. The first kappa shape index (κ1) is 7.89. The summed E-state index contributed by atoms with van der Waals surface area (Å²) in [6.45, 7) is 5.35. The van der Waals surface area contributed by atoms with E-state index in [4.69, 9.17) is 0 Å². The van der Waals surface area contributed by atoms with Crippen LogP contribution in [0, 0.1) is 0 Å². The smallest absolute Gasteiger partial charge is 0.143 e. The zero-order chi connectivity index (χ0) is 7.11. The molecule has 0 aromatic carbocycles. The lowest BCUT2D eigenvalue weighted by Crippen LogP contribution is -1.67. The van der Waals surface area contributed by atoms with Gasteiger partial charge in [-0.15, -0.1) is 0 Å². The molecule has 0 aliphatic rings. The Labute approximate surface area is 55.4 Å². The van der Waals surface area contributed by atoms with Gasteiger partial charge in [0.15, 0.2) is 0 Å². The van der Waals surface area contributed by atoms with E-state index < -0.39 is 0 Å². The van der Waals surface area contributed by atoms with Crippen LogP contribution in [0.2, 0.25) is 0 Å². The lowest BCUT2D eigenvalue weighted by molar-refractivity contribution is -0.104. The first-order chi connectivity index (χ1) is 4.31. The molecule has 0 aliphatic heterocycles. The molecular weight excluding hydrogens is 112 g/mol. The number of hydrogen-bond donors (Lipinski definition) is 0. The normalized spacial score (nSPS) is 11.9. The predicted octanol–water partition coefficient (Wildman–Crippen LogP) is 1.87. The number of carbonyl (C=O) groups is 1. The molecule has 0 atom stereocenters. The van der Waals surface area contributed by atoms with Crippen LogP contribution in [0.4, 0.5) is 0 Å². The Hall–Kier alpha value is -1.11. The van der Waals surface area contributed by atoms with Crippen molar-refractivity contribution in [2.45, 2.75) is 6.92 Å². The van der Waals surface area contributed by atoms with E-state index in [1.807, 2.05) is 13.0 Å². The summed E-state index contributed by atoms with van der Waals surface area (Å²) >= 11 is 0. The van der Waals surface area contributed by atoms with Crippen molar-refractivity contribution in [1.29, 1.82) is 0 Å². The second-order valence-corrected chi connectivity index (χ2v) is 1.64. The summed E-state index contributed by atoms with van der Waals surface area (Å²) in [5, 5.41) is 0. The quantitative estimate of drug-likeness (QED) is 0.317. The fourth-order valence-electron chi connectivity index (χ4n) is 0.383. The van der Waals surface area contributed by atoms with Crippen molar-refractivity contribution in [3.05, 3.63) is 36.5 Å². The molecule has 0 heterocycles. The molecule has 0 fully saturated rings. The predicted molar refractivity (Wildman–Crippen MR) is 39.2 cm³/mol. The Morgan fingerprint density at radius 3 is 2.67 bits per heavy atom. The number of allylic oxidation sites excluding steroid dienone is 5. The molecule has 48 valence electrons. The molecule has 0 aromatic rings. The van der Waals surface area contributed by atoms with Crippen molar-refractivity contribution < 1.29 is 4.79 Å². The van der Waals surface area contributed by atoms with Crippen molar-refractivity contribution >= 4 is 6.29 Å². The van der Waals surface area contributed by atoms with Gasteiger partial charge in [-0.05, 0) is 18.6 Å². The molecule has 9 heavy (non-hydrogen) atoms. The molecule has 0 N–H and O–H groups in total. The molecule has 0 bridgehead atoms. The van der Waals surface area contributed by atoms with E-state index in [1.54, 1.807) is 12.2 Å². The van der Waals surface area contributed by atoms with Crippen molar-refractivity contribution in [3.63, 3.8) is 0 Å². The molecular formula is C8H10O. The highest BCUT2D eigenvalue weighted by Gasteiger charge is 1.74. The lowest BCUT2D eigenvalue weighted by Gasteiger charge is -1.81. The minimum Gasteiger partial charge on any atom is -0.299 e. The van der Waals surface area contributed by atoms with Gasteiger partial charge < -0.3 is 0 Å². The van der Waals surface area contributed by atoms with Gasteiger partial charge in [-0.3, -0.25) is 4.79 Å². The van der Waals surface area contributed by atoms with E-state index in [9.17, 15) is 4.79 Å². The van der Waals surface area contributed by atoms with E-state index >= 15 is 0 Å². The molecule has 0 amide bonds. The zero-order valence-electron chi connectivity index (χ0n) is 5.50. The van der Waals surface area contributed by atoms with Crippen LogP contribution in [0.5, 0.6) is 0 Å². The molecule has 0 unspecified atom stereocenters. The average molecular weight is 122 g/mol. The minimum atomic E-state index is 0.767. The van der Waals surface area contributed by atoms with Crippen LogP contribution in [0.25, 0.3) is 0 Å². The standard InChI is InChI=1S/C8H10O/c1-3-4-5-8(2)6-7-9/h3-7H,1H2,2H3/b5-4+,8-6+. The average Bonchev–Trinajstić information content (AvgIpc) is 1.85. The van der Waals surface area contributed by atoms with Crippen molar-refractivity contribution in [2.75, 3.05) is 0 Å². The summed E-state index contributed by atoms with van der Waals surface area (Å²) in [6.07, 6.45) is 7.54. The van der Waals surface area contributed by atoms with Crippen LogP contribution in [-0.4, -0.2) is 6.29 Å². The topological polar surface area (TPSA) is 17.1 Å². The van der Waals surface area contributed by atoms with E-state index in [2.05, 4.69) is 6.58 Å². The second-order valence-electron chi connectivity index (χ2n) is 1.64. The number of rotatable bonds is 3. The maximum Gasteiger partial charge on any atom is 0.143 e. The first-order valence-electron chi connectivity index (χ1n) is 2.72. The minimum absolute atomic E-state index is 0.767. The maximum atomic E-state index is 9.84. The third-order valence-electron chi connectivity index (χ3n) is 0.826. The van der Waals surface area contributed by atoms with Gasteiger partial charge in [0.2, 0.25) is 0 Å². The molecule has 0 saturated heterocycles. The van der Waals surface area contributed by atoms with E-state index in [1.165, 1.54) is 6.08 Å². The van der Waals surface area contributed by atoms with Gasteiger partial charge in [0.05, 0.1) is 0 Å². The molecule has 0 aliphatic carbocycles. The molecule has 0 rings (SSSR count). The maximum absolute atomic E-state index is 9.84.